The Balaban J connectivity index is 1.80. The number of aromatic nitrogens is 4. The van der Waals surface area contributed by atoms with Gasteiger partial charge in [-0.2, -0.15) is 23.4 Å². The van der Waals surface area contributed by atoms with Crippen LogP contribution in [0.1, 0.15) is 11.1 Å². The van der Waals surface area contributed by atoms with Crippen molar-refractivity contribution in [2.45, 2.75) is 13.1 Å². The predicted molar refractivity (Wildman–Crippen MR) is 102 cm³/mol. The maximum atomic E-state index is 12.8. The molecule has 0 N–H and O–H groups in total. The summed E-state index contributed by atoms with van der Waals surface area (Å²) in [6.07, 6.45) is -1.43. The normalized spacial score (nSPS) is 11.6. The third-order valence-corrected chi connectivity index (χ3v) is 4.50. The van der Waals surface area contributed by atoms with Gasteiger partial charge in [-0.15, -0.1) is 0 Å². The lowest BCUT2D eigenvalue weighted by Crippen LogP contribution is -2.15. The van der Waals surface area contributed by atoms with Gasteiger partial charge in [0.05, 0.1) is 28.8 Å². The Kier molecular flexibility index (Phi) is 4.54. The molecule has 4 aromatic rings. The van der Waals surface area contributed by atoms with Gasteiger partial charge in [-0.1, -0.05) is 18.2 Å². The molecule has 29 heavy (non-hydrogen) atoms. The van der Waals surface area contributed by atoms with Crippen LogP contribution in [0, 0.1) is 6.92 Å². The summed E-state index contributed by atoms with van der Waals surface area (Å²) in [7, 11) is 0. The number of benzene rings is 2. The van der Waals surface area contributed by atoms with Gasteiger partial charge in [0.25, 0.3) is 0 Å². The molecule has 2 heterocycles. The van der Waals surface area contributed by atoms with E-state index in [0.717, 1.165) is 23.4 Å². The Hall–Kier alpha value is -3.68. The van der Waals surface area contributed by atoms with Crippen molar-refractivity contribution in [1.82, 2.24) is 19.6 Å². The molecule has 0 aliphatic rings. The lowest BCUT2D eigenvalue weighted by atomic mass is 10.2. The maximum absolute atomic E-state index is 12.8. The molecule has 0 saturated heterocycles. The van der Waals surface area contributed by atoms with Crippen LogP contribution in [0.2, 0.25) is 0 Å². The molecular formula is C21H15F3N4O. The largest absolute Gasteiger partial charge is 0.416 e. The quantitative estimate of drug-likeness (QED) is 0.515. The van der Waals surface area contributed by atoms with Crippen LogP contribution >= 0.6 is 0 Å². The summed E-state index contributed by atoms with van der Waals surface area (Å²) in [5.41, 5.74) is 1.75. The fourth-order valence-corrected chi connectivity index (χ4v) is 3.01. The second kappa shape index (κ2) is 7.05. The predicted octanol–water partition coefficient (Wildman–Crippen LogP) is 4.41. The summed E-state index contributed by atoms with van der Waals surface area (Å²) < 4.78 is 41.4. The van der Waals surface area contributed by atoms with Crippen LogP contribution in [0.25, 0.3) is 22.8 Å². The molecule has 0 atom stereocenters. The first kappa shape index (κ1) is 18.7. The highest BCUT2D eigenvalue weighted by atomic mass is 19.4. The Labute approximate surface area is 163 Å². The summed E-state index contributed by atoms with van der Waals surface area (Å²) in [5, 5.41) is 8.66. The average molecular weight is 396 g/mol. The van der Waals surface area contributed by atoms with Crippen molar-refractivity contribution in [3.05, 3.63) is 94.4 Å². The number of nitrogens with zero attached hydrogens (tertiary/aromatic N) is 4. The number of halogens is 3. The molecule has 0 unspecified atom stereocenters. The Bertz CT molecular complexity index is 1220. The SMILES string of the molecule is Cc1ccccc1-n1nccc1-c1nn(-c2ccc(C(F)(F)F)cc2)ccc1=O. The first-order valence-electron chi connectivity index (χ1n) is 8.72. The highest BCUT2D eigenvalue weighted by molar-refractivity contribution is 5.58. The van der Waals surface area contributed by atoms with Gasteiger partial charge in [0.15, 0.2) is 5.69 Å². The van der Waals surface area contributed by atoms with Crippen LogP contribution in [0.15, 0.2) is 77.9 Å². The molecule has 2 aromatic heterocycles. The minimum Gasteiger partial charge on any atom is -0.287 e. The van der Waals surface area contributed by atoms with Crippen molar-refractivity contribution in [3.63, 3.8) is 0 Å². The lowest BCUT2D eigenvalue weighted by Gasteiger charge is -2.12. The average Bonchev–Trinajstić information content (AvgIpc) is 3.17. The summed E-state index contributed by atoms with van der Waals surface area (Å²) in [6, 6.07) is 15.2. The molecule has 146 valence electrons. The van der Waals surface area contributed by atoms with E-state index in [0.29, 0.717) is 11.4 Å². The van der Waals surface area contributed by atoms with Crippen molar-refractivity contribution < 1.29 is 13.2 Å². The van der Waals surface area contributed by atoms with E-state index in [4.69, 9.17) is 0 Å². The third kappa shape index (κ3) is 3.56. The van der Waals surface area contributed by atoms with Crippen molar-refractivity contribution in [1.29, 1.82) is 0 Å². The first-order valence-corrected chi connectivity index (χ1v) is 8.72. The van der Waals surface area contributed by atoms with Gasteiger partial charge < -0.3 is 0 Å². The highest BCUT2D eigenvalue weighted by Gasteiger charge is 2.30. The summed E-state index contributed by atoms with van der Waals surface area (Å²) in [4.78, 5) is 12.5. The molecule has 0 saturated carbocycles. The van der Waals surface area contributed by atoms with E-state index in [1.807, 2.05) is 31.2 Å². The number of para-hydroxylation sites is 1. The second-order valence-corrected chi connectivity index (χ2v) is 6.43. The van der Waals surface area contributed by atoms with Crippen molar-refractivity contribution >= 4 is 0 Å². The number of hydrogen-bond acceptors (Lipinski definition) is 3. The molecule has 5 nitrogen and oxygen atoms in total. The number of hydrogen-bond donors (Lipinski definition) is 0. The van der Waals surface area contributed by atoms with E-state index in [-0.39, 0.29) is 11.1 Å². The Morgan fingerprint density at radius 1 is 0.931 bits per heavy atom. The molecule has 8 heteroatoms. The van der Waals surface area contributed by atoms with Gasteiger partial charge in [-0.25, -0.2) is 9.36 Å². The van der Waals surface area contributed by atoms with Crippen LogP contribution < -0.4 is 5.43 Å². The summed E-state index contributed by atoms with van der Waals surface area (Å²) in [5.74, 6) is 0. The zero-order valence-electron chi connectivity index (χ0n) is 15.3. The van der Waals surface area contributed by atoms with Crippen molar-refractivity contribution in [2.24, 2.45) is 0 Å². The Morgan fingerprint density at radius 3 is 2.34 bits per heavy atom. The van der Waals surface area contributed by atoms with Crippen LogP contribution in [0.3, 0.4) is 0 Å². The van der Waals surface area contributed by atoms with Gasteiger partial charge in [0.1, 0.15) is 0 Å². The fourth-order valence-electron chi connectivity index (χ4n) is 3.01. The minimum atomic E-state index is -4.42. The van der Waals surface area contributed by atoms with Gasteiger partial charge >= 0.3 is 6.18 Å². The topological polar surface area (TPSA) is 52.7 Å². The van der Waals surface area contributed by atoms with Crippen LogP contribution in [-0.2, 0) is 6.18 Å². The van der Waals surface area contributed by atoms with Crippen molar-refractivity contribution in [3.8, 4) is 22.8 Å². The smallest absolute Gasteiger partial charge is 0.287 e. The molecule has 0 fully saturated rings. The van der Waals surface area contributed by atoms with Gasteiger partial charge in [0, 0.05) is 12.3 Å². The number of aryl methyl sites for hydroxylation is 1. The Morgan fingerprint density at radius 2 is 1.66 bits per heavy atom. The zero-order chi connectivity index (χ0) is 20.6. The van der Waals surface area contributed by atoms with E-state index in [9.17, 15) is 18.0 Å². The first-order chi connectivity index (χ1) is 13.8. The van der Waals surface area contributed by atoms with E-state index in [1.165, 1.54) is 29.1 Å². The van der Waals surface area contributed by atoms with E-state index in [2.05, 4.69) is 10.2 Å². The van der Waals surface area contributed by atoms with Gasteiger partial charge in [-0.3, -0.25) is 4.79 Å². The third-order valence-electron chi connectivity index (χ3n) is 4.50. The van der Waals surface area contributed by atoms with Crippen LogP contribution in [0.5, 0.6) is 0 Å². The molecule has 0 bridgehead atoms. The molecule has 0 radical (unpaired) electrons. The fraction of sp³-hybridized carbons (Fsp3) is 0.0952. The molecule has 2 aromatic carbocycles. The summed E-state index contributed by atoms with van der Waals surface area (Å²) in [6.45, 7) is 1.93. The molecule has 0 spiro atoms. The standard InChI is InChI=1S/C21H15F3N4O/c1-14-4-2-3-5-17(14)28-18(10-12-25-28)20-19(29)11-13-27(26-20)16-8-6-15(7-9-16)21(22,23)24/h2-13H,1H3. The van der Waals surface area contributed by atoms with Crippen LogP contribution in [0.4, 0.5) is 13.2 Å². The molecular weight excluding hydrogens is 381 g/mol. The van der Waals surface area contributed by atoms with Crippen LogP contribution in [-0.4, -0.2) is 19.6 Å². The van der Waals surface area contributed by atoms with Crippen molar-refractivity contribution in [2.75, 3.05) is 0 Å². The maximum Gasteiger partial charge on any atom is 0.416 e. The monoisotopic (exact) mass is 396 g/mol. The van der Waals surface area contributed by atoms with E-state index < -0.39 is 11.7 Å². The molecule has 0 aliphatic carbocycles. The second-order valence-electron chi connectivity index (χ2n) is 6.43. The highest BCUT2D eigenvalue weighted by Crippen LogP contribution is 2.29. The molecule has 0 aliphatic heterocycles. The zero-order valence-corrected chi connectivity index (χ0v) is 15.3. The molecule has 0 amide bonds. The van der Waals surface area contributed by atoms with Gasteiger partial charge in [-0.05, 0) is 48.9 Å². The lowest BCUT2D eigenvalue weighted by molar-refractivity contribution is -0.137. The van der Waals surface area contributed by atoms with Gasteiger partial charge in [0.2, 0.25) is 5.43 Å². The van der Waals surface area contributed by atoms with E-state index >= 15 is 0 Å². The molecule has 4 rings (SSSR count). The number of rotatable bonds is 3. The van der Waals surface area contributed by atoms with E-state index in [1.54, 1.807) is 16.9 Å². The number of alkyl halides is 3. The summed E-state index contributed by atoms with van der Waals surface area (Å²) >= 11 is 0. The minimum absolute atomic E-state index is 0.146.